The third kappa shape index (κ3) is 15.1. The molecule has 196 valence electrons. The molecular formula is C30H47O4P. The fraction of sp³-hybridized carbons (Fsp3) is 0.600. The second-order valence-electron chi connectivity index (χ2n) is 9.66. The van der Waals surface area contributed by atoms with Gasteiger partial charge in [-0.1, -0.05) is 134 Å². The van der Waals surface area contributed by atoms with Crippen LogP contribution in [0.25, 0.3) is 0 Å². The molecule has 1 atom stereocenters. The Morgan fingerprint density at radius 3 is 1.43 bits per heavy atom. The Labute approximate surface area is 214 Å². The molecule has 0 amide bonds. The summed E-state index contributed by atoms with van der Waals surface area (Å²) in [6, 6.07) is 15.9. The smallest absolute Gasteiger partial charge is 0.395 e. The quantitative estimate of drug-likeness (QED) is 0.136. The minimum Gasteiger partial charge on any atom is -0.395 e. The highest BCUT2D eigenvalue weighted by Gasteiger charge is 2.24. The van der Waals surface area contributed by atoms with Gasteiger partial charge < -0.3 is 9.05 Å². The molecule has 0 fully saturated rings. The van der Waals surface area contributed by atoms with E-state index in [1.165, 1.54) is 108 Å². The molecule has 4 nitrogen and oxygen atoms in total. The Hall–Kier alpha value is -1.77. The van der Waals surface area contributed by atoms with E-state index in [4.69, 9.17) is 9.05 Å². The molecule has 0 spiro atoms. The second-order valence-corrected chi connectivity index (χ2v) is 11.0. The lowest BCUT2D eigenvalue weighted by Crippen LogP contribution is -1.99. The summed E-state index contributed by atoms with van der Waals surface area (Å²) in [7, 11) is -4.21. The zero-order valence-corrected chi connectivity index (χ0v) is 22.7. The van der Waals surface area contributed by atoms with E-state index in [0.717, 1.165) is 6.42 Å². The van der Waals surface area contributed by atoms with E-state index in [2.05, 4.69) is 6.92 Å². The third-order valence-electron chi connectivity index (χ3n) is 6.43. The molecule has 0 aliphatic rings. The molecule has 0 radical (unpaired) electrons. The molecule has 0 aromatic heterocycles. The van der Waals surface area contributed by atoms with Crippen molar-refractivity contribution in [2.75, 3.05) is 0 Å². The molecule has 1 N–H and O–H groups in total. The zero-order chi connectivity index (χ0) is 25.0. The lowest BCUT2D eigenvalue weighted by Gasteiger charge is -2.14. The van der Waals surface area contributed by atoms with Gasteiger partial charge in [-0.05, 0) is 42.7 Å². The average Bonchev–Trinajstić information content (AvgIpc) is 2.85. The number of hydrogen-bond acceptors (Lipinski definition) is 3. The van der Waals surface area contributed by atoms with Gasteiger partial charge in [0, 0.05) is 0 Å². The van der Waals surface area contributed by atoms with Gasteiger partial charge in [0.05, 0.1) is 0 Å². The summed E-state index contributed by atoms with van der Waals surface area (Å²) < 4.78 is 22.5. The average molecular weight is 503 g/mol. The number of phosphoric ester groups is 1. The number of rotatable bonds is 21. The van der Waals surface area contributed by atoms with Crippen LogP contribution in [0.2, 0.25) is 0 Å². The van der Waals surface area contributed by atoms with E-state index in [-0.39, 0.29) is 0 Å². The van der Waals surface area contributed by atoms with Crippen molar-refractivity contribution in [3.8, 4) is 11.5 Å². The van der Waals surface area contributed by atoms with Gasteiger partial charge in [-0.25, -0.2) is 4.57 Å². The lowest BCUT2D eigenvalue weighted by molar-refractivity contribution is 0.291. The van der Waals surface area contributed by atoms with E-state index >= 15 is 0 Å². The standard InChI is InChI=1S/C30H47O4P/c1-2-3-4-5-6-7-8-9-10-11-12-13-14-15-16-18-21-28-24-26-30(27-25-28)34-35(31,32)33-29-22-19-17-20-23-29/h17,19-20,22-27H,2-16,18,21H2,1H3,(H,31,32). The summed E-state index contributed by atoms with van der Waals surface area (Å²) in [6.45, 7) is 2.28. The van der Waals surface area contributed by atoms with Crippen LogP contribution in [0.5, 0.6) is 11.5 Å². The van der Waals surface area contributed by atoms with Crippen molar-refractivity contribution in [2.24, 2.45) is 0 Å². The molecule has 5 heteroatoms. The van der Waals surface area contributed by atoms with Gasteiger partial charge >= 0.3 is 7.82 Å². The van der Waals surface area contributed by atoms with Crippen molar-refractivity contribution in [3.63, 3.8) is 0 Å². The Kier molecular flexibility index (Phi) is 15.6. The minimum atomic E-state index is -4.21. The first kappa shape index (κ1) is 29.5. The van der Waals surface area contributed by atoms with E-state index in [9.17, 15) is 9.46 Å². The Morgan fingerprint density at radius 1 is 0.571 bits per heavy atom. The van der Waals surface area contributed by atoms with Crippen LogP contribution in [0.3, 0.4) is 0 Å². The van der Waals surface area contributed by atoms with Crippen molar-refractivity contribution in [1.82, 2.24) is 0 Å². The zero-order valence-electron chi connectivity index (χ0n) is 21.8. The molecule has 0 bridgehead atoms. The monoisotopic (exact) mass is 502 g/mol. The molecule has 0 heterocycles. The topological polar surface area (TPSA) is 55.8 Å². The predicted molar refractivity (Wildman–Crippen MR) is 147 cm³/mol. The highest BCUT2D eigenvalue weighted by atomic mass is 31.2. The van der Waals surface area contributed by atoms with Crippen molar-refractivity contribution < 1.29 is 18.5 Å². The maximum atomic E-state index is 12.2. The number of unbranched alkanes of at least 4 members (excludes halogenated alkanes) is 15. The number of benzene rings is 2. The van der Waals surface area contributed by atoms with Crippen molar-refractivity contribution in [1.29, 1.82) is 0 Å². The summed E-state index contributed by atoms with van der Waals surface area (Å²) in [4.78, 5) is 9.96. The molecule has 35 heavy (non-hydrogen) atoms. The predicted octanol–water partition coefficient (Wildman–Crippen LogP) is 10.0. The van der Waals surface area contributed by atoms with Gasteiger partial charge in [0.2, 0.25) is 0 Å². The molecule has 0 aliphatic carbocycles. The van der Waals surface area contributed by atoms with E-state index in [1.54, 1.807) is 36.4 Å². The van der Waals surface area contributed by atoms with Crippen LogP contribution < -0.4 is 9.05 Å². The SMILES string of the molecule is CCCCCCCCCCCCCCCCCCc1ccc(OP(=O)(O)Oc2ccccc2)cc1. The van der Waals surface area contributed by atoms with Gasteiger partial charge in [0.25, 0.3) is 0 Å². The fourth-order valence-electron chi connectivity index (χ4n) is 4.36. The molecule has 0 aliphatic heterocycles. The lowest BCUT2D eigenvalue weighted by atomic mass is 10.0. The van der Waals surface area contributed by atoms with E-state index < -0.39 is 7.82 Å². The van der Waals surface area contributed by atoms with E-state index in [1.807, 2.05) is 18.2 Å². The molecule has 2 aromatic carbocycles. The van der Waals surface area contributed by atoms with Crippen LogP contribution in [-0.4, -0.2) is 4.89 Å². The van der Waals surface area contributed by atoms with Crippen LogP contribution in [0.15, 0.2) is 54.6 Å². The van der Waals surface area contributed by atoms with Gasteiger partial charge in [-0.2, -0.15) is 0 Å². The van der Waals surface area contributed by atoms with Crippen LogP contribution in [0.4, 0.5) is 0 Å². The fourth-order valence-corrected chi connectivity index (χ4v) is 5.17. The van der Waals surface area contributed by atoms with Gasteiger partial charge in [0.1, 0.15) is 11.5 Å². The van der Waals surface area contributed by atoms with Crippen molar-refractivity contribution in [2.45, 2.75) is 116 Å². The second kappa shape index (κ2) is 18.5. The van der Waals surface area contributed by atoms with Crippen molar-refractivity contribution in [3.05, 3.63) is 60.2 Å². The molecule has 1 unspecified atom stereocenters. The number of phosphoric acid groups is 1. The molecule has 2 aromatic rings. The number of aryl methyl sites for hydroxylation is 1. The summed E-state index contributed by atoms with van der Waals surface area (Å²) in [5.41, 5.74) is 1.22. The Morgan fingerprint density at radius 2 is 0.971 bits per heavy atom. The summed E-state index contributed by atoms with van der Waals surface area (Å²) in [5, 5.41) is 0. The molecule has 0 saturated heterocycles. The van der Waals surface area contributed by atoms with Gasteiger partial charge in [0.15, 0.2) is 0 Å². The summed E-state index contributed by atoms with van der Waals surface area (Å²) in [5.74, 6) is 0.640. The van der Waals surface area contributed by atoms with Crippen LogP contribution >= 0.6 is 7.82 Å². The summed E-state index contributed by atoms with van der Waals surface area (Å²) >= 11 is 0. The number of hydrogen-bond donors (Lipinski definition) is 1. The van der Waals surface area contributed by atoms with Gasteiger partial charge in [-0.3, -0.25) is 4.89 Å². The van der Waals surface area contributed by atoms with Crippen LogP contribution in [0, 0.1) is 0 Å². The number of para-hydroxylation sites is 1. The Bertz CT molecular complexity index is 807. The maximum Gasteiger partial charge on any atom is 0.584 e. The Balaban J connectivity index is 1.44. The largest absolute Gasteiger partial charge is 0.584 e. The van der Waals surface area contributed by atoms with Crippen molar-refractivity contribution >= 4 is 7.82 Å². The van der Waals surface area contributed by atoms with Crippen LogP contribution in [-0.2, 0) is 11.0 Å². The van der Waals surface area contributed by atoms with E-state index in [0.29, 0.717) is 11.5 Å². The highest BCUT2D eigenvalue weighted by Crippen LogP contribution is 2.44. The highest BCUT2D eigenvalue weighted by molar-refractivity contribution is 7.48. The van der Waals surface area contributed by atoms with Gasteiger partial charge in [-0.15, -0.1) is 0 Å². The molecule has 2 rings (SSSR count). The normalized spacial score (nSPS) is 12.9. The maximum absolute atomic E-state index is 12.2. The third-order valence-corrected chi connectivity index (χ3v) is 7.31. The first-order valence-corrected chi connectivity index (χ1v) is 15.4. The molecule has 0 saturated carbocycles. The van der Waals surface area contributed by atoms with Crippen LogP contribution in [0.1, 0.15) is 115 Å². The molecular weight excluding hydrogens is 455 g/mol. The summed E-state index contributed by atoms with van der Waals surface area (Å²) in [6.07, 6.45) is 23.0. The minimum absolute atomic E-state index is 0.304. The first-order valence-electron chi connectivity index (χ1n) is 13.9. The first-order chi connectivity index (χ1) is 17.1.